The maximum absolute atomic E-state index is 12.4. The quantitative estimate of drug-likeness (QED) is 0.890. The third-order valence-corrected chi connectivity index (χ3v) is 3.01. The fourth-order valence-corrected chi connectivity index (χ4v) is 1.97. The topological polar surface area (TPSA) is 83.8 Å². The van der Waals surface area contributed by atoms with Crippen LogP contribution in [-0.4, -0.2) is 21.3 Å². The van der Waals surface area contributed by atoms with Crippen molar-refractivity contribution < 1.29 is 9.32 Å². The molecule has 0 unspecified atom stereocenters. The van der Waals surface area contributed by atoms with Gasteiger partial charge >= 0.3 is 0 Å². The number of amides is 1. The number of aryl methyl sites for hydroxylation is 3. The molecule has 0 aromatic carbocycles. The molecule has 0 spiro atoms. The van der Waals surface area contributed by atoms with Crippen LogP contribution in [0.15, 0.2) is 4.52 Å². The van der Waals surface area contributed by atoms with Crippen LogP contribution in [0.25, 0.3) is 0 Å². The van der Waals surface area contributed by atoms with Crippen molar-refractivity contribution in [3.05, 3.63) is 28.4 Å². The Bertz CT molecular complexity index is 591. The lowest BCUT2D eigenvalue weighted by molar-refractivity contribution is 0.102. The fraction of sp³-hybridized carbons (Fsp3) is 0.462. The molecule has 6 nitrogen and oxygen atoms in total. The van der Waals surface area contributed by atoms with E-state index in [2.05, 4.69) is 20.7 Å². The van der Waals surface area contributed by atoms with E-state index in [0.717, 1.165) is 11.4 Å². The van der Waals surface area contributed by atoms with Crippen LogP contribution in [0.1, 0.15) is 53.0 Å². The molecule has 0 atom stereocenters. The zero-order chi connectivity index (χ0) is 14.2. The predicted molar refractivity (Wildman–Crippen MR) is 71.3 cm³/mol. The molecule has 0 bridgehead atoms. The number of aromatic nitrogens is 3. The van der Waals surface area contributed by atoms with Crippen molar-refractivity contribution in [1.29, 1.82) is 0 Å². The van der Waals surface area contributed by atoms with Crippen molar-refractivity contribution in [3.63, 3.8) is 0 Å². The first-order chi connectivity index (χ1) is 8.91. The van der Waals surface area contributed by atoms with Crippen LogP contribution in [0.4, 0.5) is 5.69 Å². The van der Waals surface area contributed by atoms with Gasteiger partial charge in [-0.25, -0.2) is 0 Å². The Hall–Kier alpha value is -2.11. The summed E-state index contributed by atoms with van der Waals surface area (Å²) in [5.41, 5.74) is 3.40. The summed E-state index contributed by atoms with van der Waals surface area (Å²) in [5.74, 6) is 0.498. The predicted octanol–water partition coefficient (Wildman–Crippen LogP) is 2.70. The second-order valence-electron chi connectivity index (χ2n) is 4.93. The van der Waals surface area contributed by atoms with Gasteiger partial charge in [0.15, 0.2) is 5.76 Å². The molecule has 0 aliphatic heterocycles. The van der Waals surface area contributed by atoms with Crippen molar-refractivity contribution in [2.75, 3.05) is 5.32 Å². The van der Waals surface area contributed by atoms with Crippen molar-refractivity contribution in [1.82, 2.24) is 15.4 Å². The van der Waals surface area contributed by atoms with Gasteiger partial charge in [-0.3, -0.25) is 9.89 Å². The molecule has 102 valence electrons. The van der Waals surface area contributed by atoms with Gasteiger partial charge in [0.05, 0.1) is 22.8 Å². The number of anilines is 1. The smallest absolute Gasteiger partial charge is 0.261 e. The minimum Gasteiger partial charge on any atom is -0.360 e. The van der Waals surface area contributed by atoms with Gasteiger partial charge in [0.2, 0.25) is 0 Å². The highest BCUT2D eigenvalue weighted by molar-refractivity contribution is 6.06. The molecular weight excluding hydrogens is 244 g/mol. The summed E-state index contributed by atoms with van der Waals surface area (Å²) in [5, 5.41) is 13.6. The Kier molecular flexibility index (Phi) is 3.42. The summed E-state index contributed by atoms with van der Waals surface area (Å²) in [7, 11) is 0. The Balaban J connectivity index is 2.33. The minimum absolute atomic E-state index is 0.105. The number of hydrogen-bond acceptors (Lipinski definition) is 4. The largest absolute Gasteiger partial charge is 0.360 e. The molecule has 19 heavy (non-hydrogen) atoms. The minimum atomic E-state index is -0.213. The lowest BCUT2D eigenvalue weighted by Gasteiger charge is -2.07. The van der Waals surface area contributed by atoms with E-state index in [9.17, 15) is 4.79 Å². The van der Waals surface area contributed by atoms with Gasteiger partial charge < -0.3 is 9.84 Å². The fourth-order valence-electron chi connectivity index (χ4n) is 1.97. The van der Waals surface area contributed by atoms with Crippen LogP contribution in [0, 0.1) is 20.8 Å². The van der Waals surface area contributed by atoms with Crippen LogP contribution in [-0.2, 0) is 0 Å². The molecule has 0 aliphatic rings. The van der Waals surface area contributed by atoms with Crippen LogP contribution in [0.2, 0.25) is 0 Å². The van der Waals surface area contributed by atoms with Gasteiger partial charge in [-0.2, -0.15) is 5.10 Å². The average molecular weight is 262 g/mol. The van der Waals surface area contributed by atoms with E-state index in [-0.39, 0.29) is 11.8 Å². The van der Waals surface area contributed by atoms with Crippen molar-refractivity contribution in [2.24, 2.45) is 0 Å². The second-order valence-corrected chi connectivity index (χ2v) is 4.93. The first kappa shape index (κ1) is 13.3. The average Bonchev–Trinajstić information content (AvgIpc) is 2.86. The molecular formula is C13H18N4O2. The van der Waals surface area contributed by atoms with Gasteiger partial charge in [-0.15, -0.1) is 0 Å². The third-order valence-electron chi connectivity index (χ3n) is 3.01. The Morgan fingerprint density at radius 1 is 1.26 bits per heavy atom. The van der Waals surface area contributed by atoms with E-state index in [1.807, 2.05) is 27.7 Å². The van der Waals surface area contributed by atoms with Gasteiger partial charge in [-0.1, -0.05) is 19.0 Å². The normalized spacial score (nSPS) is 11.1. The highest BCUT2D eigenvalue weighted by Crippen LogP contribution is 2.24. The van der Waals surface area contributed by atoms with E-state index in [1.165, 1.54) is 0 Å². The zero-order valence-electron chi connectivity index (χ0n) is 11.8. The standard InChI is InChI=1S/C13H18N4O2/c1-6(2)12-10(7(3)17-19-12)13(18)14-11-8(4)15-16-9(11)5/h6H,1-5H3,(H,14,18)(H,15,16). The Morgan fingerprint density at radius 2 is 1.95 bits per heavy atom. The van der Waals surface area contributed by atoms with Crippen molar-refractivity contribution >= 4 is 11.6 Å². The van der Waals surface area contributed by atoms with Gasteiger partial charge in [-0.05, 0) is 20.8 Å². The Morgan fingerprint density at radius 3 is 2.47 bits per heavy atom. The summed E-state index contributed by atoms with van der Waals surface area (Å²) in [6, 6.07) is 0. The molecule has 2 heterocycles. The summed E-state index contributed by atoms with van der Waals surface area (Å²) < 4.78 is 5.22. The number of aromatic amines is 1. The number of carbonyl (C=O) groups is 1. The van der Waals surface area contributed by atoms with Gasteiger partial charge in [0, 0.05) is 5.92 Å². The van der Waals surface area contributed by atoms with E-state index in [0.29, 0.717) is 22.7 Å². The molecule has 2 N–H and O–H groups in total. The summed E-state index contributed by atoms with van der Waals surface area (Å²) in [6.07, 6.45) is 0. The molecule has 1 amide bonds. The maximum Gasteiger partial charge on any atom is 0.261 e. The molecule has 2 rings (SSSR count). The lowest BCUT2D eigenvalue weighted by Crippen LogP contribution is -2.15. The molecule has 0 saturated carbocycles. The maximum atomic E-state index is 12.4. The zero-order valence-corrected chi connectivity index (χ0v) is 11.8. The van der Waals surface area contributed by atoms with E-state index in [1.54, 1.807) is 6.92 Å². The Labute approximate surface area is 111 Å². The molecule has 6 heteroatoms. The van der Waals surface area contributed by atoms with E-state index in [4.69, 9.17) is 4.52 Å². The first-order valence-electron chi connectivity index (χ1n) is 6.21. The van der Waals surface area contributed by atoms with Crippen LogP contribution < -0.4 is 5.32 Å². The summed E-state index contributed by atoms with van der Waals surface area (Å²) >= 11 is 0. The molecule has 2 aromatic heterocycles. The number of nitrogens with zero attached hydrogens (tertiary/aromatic N) is 2. The molecule has 0 saturated heterocycles. The summed E-state index contributed by atoms with van der Waals surface area (Å²) in [6.45, 7) is 9.39. The number of nitrogens with one attached hydrogen (secondary N) is 2. The van der Waals surface area contributed by atoms with Gasteiger partial charge in [0.1, 0.15) is 5.56 Å². The van der Waals surface area contributed by atoms with Crippen LogP contribution >= 0.6 is 0 Å². The van der Waals surface area contributed by atoms with Crippen molar-refractivity contribution in [2.45, 2.75) is 40.5 Å². The molecule has 0 aliphatic carbocycles. The molecule has 2 aromatic rings. The molecule has 0 fully saturated rings. The highest BCUT2D eigenvalue weighted by Gasteiger charge is 2.23. The van der Waals surface area contributed by atoms with E-state index < -0.39 is 0 Å². The number of rotatable bonds is 3. The van der Waals surface area contributed by atoms with Crippen molar-refractivity contribution in [3.8, 4) is 0 Å². The molecule has 0 radical (unpaired) electrons. The van der Waals surface area contributed by atoms with E-state index >= 15 is 0 Å². The SMILES string of the molecule is Cc1n[nH]c(C)c1NC(=O)c1c(C)noc1C(C)C. The number of hydrogen-bond donors (Lipinski definition) is 2. The van der Waals surface area contributed by atoms with Crippen LogP contribution in [0.5, 0.6) is 0 Å². The highest BCUT2D eigenvalue weighted by atomic mass is 16.5. The number of H-pyrrole nitrogens is 1. The third kappa shape index (κ3) is 2.38. The lowest BCUT2D eigenvalue weighted by atomic mass is 10.0. The second kappa shape index (κ2) is 4.87. The summed E-state index contributed by atoms with van der Waals surface area (Å²) in [4.78, 5) is 12.4. The first-order valence-corrected chi connectivity index (χ1v) is 6.21. The number of carbonyl (C=O) groups excluding carboxylic acids is 1. The van der Waals surface area contributed by atoms with Gasteiger partial charge in [0.25, 0.3) is 5.91 Å². The monoisotopic (exact) mass is 262 g/mol. The van der Waals surface area contributed by atoms with Crippen LogP contribution in [0.3, 0.4) is 0 Å².